The fourth-order valence-electron chi connectivity index (χ4n) is 2.00. The minimum absolute atomic E-state index is 0.00454. The Balaban J connectivity index is 1.81. The third-order valence-electron chi connectivity index (χ3n) is 2.96. The summed E-state index contributed by atoms with van der Waals surface area (Å²) in [5.74, 6) is 0.615. The van der Waals surface area contributed by atoms with E-state index < -0.39 is 0 Å². The van der Waals surface area contributed by atoms with Crippen LogP contribution in [0.15, 0.2) is 48.5 Å². The smallest absolute Gasteiger partial charge is 0.163 e. The Morgan fingerprint density at radius 2 is 1.90 bits per heavy atom. The molecule has 0 saturated heterocycles. The summed E-state index contributed by atoms with van der Waals surface area (Å²) >= 11 is 1.61. The zero-order valence-electron chi connectivity index (χ0n) is 11.0. The first-order chi connectivity index (χ1) is 9.74. The van der Waals surface area contributed by atoms with E-state index in [1.54, 1.807) is 24.3 Å². The number of benzene rings is 2. The van der Waals surface area contributed by atoms with E-state index >= 15 is 0 Å². The zero-order chi connectivity index (χ0) is 13.9. The predicted molar refractivity (Wildman–Crippen MR) is 80.4 cm³/mol. The molecule has 0 aliphatic carbocycles. The third-order valence-corrected chi connectivity index (χ3v) is 3.97. The molecule has 2 aromatic carbocycles. The number of nitrogens with zero attached hydrogens (tertiary/aromatic N) is 1. The van der Waals surface area contributed by atoms with E-state index in [1.165, 1.54) is 0 Å². The van der Waals surface area contributed by atoms with E-state index in [2.05, 4.69) is 4.98 Å². The van der Waals surface area contributed by atoms with E-state index in [9.17, 15) is 4.79 Å². The molecule has 3 nitrogen and oxygen atoms in total. The molecule has 0 fully saturated rings. The number of hydrogen-bond donors (Lipinski definition) is 0. The molecule has 4 heteroatoms. The van der Waals surface area contributed by atoms with Crippen LogP contribution >= 0.6 is 11.3 Å². The molecule has 100 valence electrons. The Kier molecular flexibility index (Phi) is 3.48. The van der Waals surface area contributed by atoms with Gasteiger partial charge in [0.1, 0.15) is 17.4 Å². The minimum atomic E-state index is 0.00454. The molecule has 0 aliphatic rings. The maximum Gasteiger partial charge on any atom is 0.163 e. The van der Waals surface area contributed by atoms with Gasteiger partial charge in [0.25, 0.3) is 0 Å². The summed E-state index contributed by atoms with van der Waals surface area (Å²) in [6, 6.07) is 15.3. The van der Waals surface area contributed by atoms with Crippen molar-refractivity contribution in [3.8, 4) is 5.75 Å². The summed E-state index contributed by atoms with van der Waals surface area (Å²) < 4.78 is 6.89. The molecular weight excluding hydrogens is 270 g/mol. The molecule has 1 heterocycles. The molecule has 20 heavy (non-hydrogen) atoms. The van der Waals surface area contributed by atoms with E-state index in [0.29, 0.717) is 17.9 Å². The second-order valence-electron chi connectivity index (χ2n) is 4.42. The first kappa shape index (κ1) is 12.8. The van der Waals surface area contributed by atoms with Crippen LogP contribution in [0.2, 0.25) is 0 Å². The van der Waals surface area contributed by atoms with Crippen LogP contribution in [-0.4, -0.2) is 10.8 Å². The fraction of sp³-hybridized carbons (Fsp3) is 0.125. The summed E-state index contributed by atoms with van der Waals surface area (Å²) in [6.07, 6.45) is 0. The van der Waals surface area contributed by atoms with Gasteiger partial charge in [0.05, 0.1) is 15.8 Å². The second-order valence-corrected chi connectivity index (χ2v) is 5.53. The molecular formula is C16H13NO2S. The lowest BCUT2D eigenvalue weighted by Crippen LogP contribution is -2.01. The summed E-state index contributed by atoms with van der Waals surface area (Å²) in [4.78, 5) is 16.0. The van der Waals surface area contributed by atoms with Crippen LogP contribution in [0.3, 0.4) is 0 Å². The Bertz CT molecular complexity index is 731. The van der Waals surface area contributed by atoms with Crippen LogP contribution in [-0.2, 0) is 6.61 Å². The van der Waals surface area contributed by atoms with Gasteiger partial charge in [-0.3, -0.25) is 4.79 Å². The van der Waals surface area contributed by atoms with Crippen molar-refractivity contribution in [2.24, 2.45) is 0 Å². The van der Waals surface area contributed by atoms with Crippen molar-refractivity contribution < 1.29 is 9.53 Å². The number of carbonyl (C=O) groups excluding carboxylic acids is 1. The van der Waals surface area contributed by atoms with E-state index in [-0.39, 0.29) is 5.78 Å². The van der Waals surface area contributed by atoms with Gasteiger partial charge in [-0.1, -0.05) is 24.3 Å². The highest BCUT2D eigenvalue weighted by molar-refractivity contribution is 7.18. The third kappa shape index (κ3) is 2.56. The Morgan fingerprint density at radius 3 is 2.70 bits per heavy atom. The predicted octanol–water partition coefficient (Wildman–Crippen LogP) is 4.08. The maximum atomic E-state index is 11.5. The van der Waals surface area contributed by atoms with Crippen LogP contribution in [0.25, 0.3) is 10.2 Å². The largest absolute Gasteiger partial charge is 0.486 e. The summed E-state index contributed by atoms with van der Waals surface area (Å²) in [5, 5.41) is 0.907. The summed E-state index contributed by atoms with van der Waals surface area (Å²) in [5.41, 5.74) is 1.59. The highest BCUT2D eigenvalue weighted by Gasteiger charge is 2.09. The van der Waals surface area contributed by atoms with E-state index in [0.717, 1.165) is 15.2 Å². The maximum absolute atomic E-state index is 11.5. The van der Waals surface area contributed by atoms with Gasteiger partial charge in [0.15, 0.2) is 5.78 Å². The summed E-state index contributed by atoms with van der Waals surface area (Å²) in [6.45, 7) is 1.92. The SMILES string of the molecule is CC(=O)c1ccccc1OCc1nc2ccccc2s1. The average molecular weight is 283 g/mol. The average Bonchev–Trinajstić information content (AvgIpc) is 2.88. The highest BCUT2D eigenvalue weighted by Crippen LogP contribution is 2.24. The molecule has 3 aromatic rings. The lowest BCUT2D eigenvalue weighted by Gasteiger charge is -2.07. The number of rotatable bonds is 4. The topological polar surface area (TPSA) is 39.2 Å². The molecule has 0 bridgehead atoms. The van der Waals surface area contributed by atoms with Crippen LogP contribution in [0.4, 0.5) is 0 Å². The Hall–Kier alpha value is -2.20. The van der Waals surface area contributed by atoms with Gasteiger partial charge >= 0.3 is 0 Å². The molecule has 0 N–H and O–H groups in total. The monoisotopic (exact) mass is 283 g/mol. The molecule has 0 spiro atoms. The number of thiazole rings is 1. The zero-order valence-corrected chi connectivity index (χ0v) is 11.8. The van der Waals surface area contributed by atoms with Crippen molar-refractivity contribution >= 4 is 27.3 Å². The number of ketones is 1. The number of hydrogen-bond acceptors (Lipinski definition) is 4. The molecule has 1 aromatic heterocycles. The van der Waals surface area contributed by atoms with Gasteiger partial charge in [-0.05, 0) is 31.2 Å². The van der Waals surface area contributed by atoms with E-state index in [4.69, 9.17) is 4.74 Å². The molecule has 0 saturated carbocycles. The van der Waals surface area contributed by atoms with Crippen molar-refractivity contribution in [1.29, 1.82) is 0 Å². The number of carbonyl (C=O) groups is 1. The molecule has 3 rings (SSSR count). The quantitative estimate of drug-likeness (QED) is 0.677. The number of para-hydroxylation sites is 2. The minimum Gasteiger partial charge on any atom is -0.486 e. The van der Waals surface area contributed by atoms with Crippen molar-refractivity contribution in [2.75, 3.05) is 0 Å². The Morgan fingerprint density at radius 1 is 1.15 bits per heavy atom. The first-order valence-electron chi connectivity index (χ1n) is 6.31. The molecule has 0 aliphatic heterocycles. The molecule has 0 unspecified atom stereocenters. The number of fused-ring (bicyclic) bond motifs is 1. The van der Waals surface area contributed by atoms with Gasteiger partial charge in [-0.2, -0.15) is 0 Å². The second kappa shape index (κ2) is 5.43. The fourth-order valence-corrected chi connectivity index (χ4v) is 2.89. The first-order valence-corrected chi connectivity index (χ1v) is 7.13. The van der Waals surface area contributed by atoms with Crippen LogP contribution in [0.1, 0.15) is 22.3 Å². The summed E-state index contributed by atoms with van der Waals surface area (Å²) in [7, 11) is 0. The van der Waals surface area contributed by atoms with Crippen molar-refractivity contribution in [1.82, 2.24) is 4.98 Å². The van der Waals surface area contributed by atoms with Gasteiger partial charge in [0.2, 0.25) is 0 Å². The normalized spacial score (nSPS) is 10.7. The van der Waals surface area contributed by atoms with Crippen molar-refractivity contribution in [3.05, 3.63) is 59.1 Å². The standard InChI is InChI=1S/C16H13NO2S/c1-11(18)12-6-2-4-8-14(12)19-10-16-17-13-7-3-5-9-15(13)20-16/h2-9H,10H2,1H3. The molecule has 0 radical (unpaired) electrons. The Labute approximate surface area is 120 Å². The molecule has 0 amide bonds. The molecule has 0 atom stereocenters. The van der Waals surface area contributed by atoms with Crippen molar-refractivity contribution in [3.63, 3.8) is 0 Å². The van der Waals surface area contributed by atoms with Crippen LogP contribution < -0.4 is 4.74 Å². The number of aromatic nitrogens is 1. The van der Waals surface area contributed by atoms with Gasteiger partial charge in [0, 0.05) is 0 Å². The van der Waals surface area contributed by atoms with E-state index in [1.807, 2.05) is 42.5 Å². The number of Topliss-reactive ketones (excluding diaryl/α,β-unsaturated/α-hetero) is 1. The van der Waals surface area contributed by atoms with Crippen LogP contribution in [0, 0.1) is 0 Å². The van der Waals surface area contributed by atoms with Gasteiger partial charge in [-0.25, -0.2) is 4.98 Å². The van der Waals surface area contributed by atoms with Gasteiger partial charge < -0.3 is 4.74 Å². The number of ether oxygens (including phenoxy) is 1. The van der Waals surface area contributed by atoms with Crippen molar-refractivity contribution in [2.45, 2.75) is 13.5 Å². The van der Waals surface area contributed by atoms with Crippen LogP contribution in [0.5, 0.6) is 5.75 Å². The lowest BCUT2D eigenvalue weighted by atomic mass is 10.1. The highest BCUT2D eigenvalue weighted by atomic mass is 32.1. The lowest BCUT2D eigenvalue weighted by molar-refractivity contribution is 0.101. The van der Waals surface area contributed by atoms with Gasteiger partial charge in [-0.15, -0.1) is 11.3 Å².